The van der Waals surface area contributed by atoms with E-state index in [4.69, 9.17) is 14.4 Å². The first-order chi connectivity index (χ1) is 24.8. The Balaban J connectivity index is 1.07. The van der Waals surface area contributed by atoms with Crippen LogP contribution in [0.15, 0.2) is 168 Å². The molecule has 0 atom stereocenters. The fourth-order valence-corrected chi connectivity index (χ4v) is 7.95. The van der Waals surface area contributed by atoms with Crippen molar-refractivity contribution in [1.82, 2.24) is 14.5 Å². The van der Waals surface area contributed by atoms with E-state index in [1.54, 1.807) is 0 Å². The van der Waals surface area contributed by atoms with Gasteiger partial charge in [-0.2, -0.15) is 0 Å². The molecule has 0 saturated carbocycles. The maximum Gasteiger partial charge on any atom is 0.246 e. The SMILES string of the molecule is c1cc(-c2cccc(-n3c4ccc5ccccc5c4c4c5ccccc5ccc43)c2)cc(-c2cnc3c(n2)oc2ccc4ccccc4c23)c1. The summed E-state index contributed by atoms with van der Waals surface area (Å²) in [5, 5.41) is 10.9. The van der Waals surface area contributed by atoms with Crippen LogP contribution in [-0.2, 0) is 0 Å². The Morgan fingerprint density at radius 3 is 1.70 bits per heavy atom. The van der Waals surface area contributed by atoms with Crippen LogP contribution in [0.4, 0.5) is 0 Å². The van der Waals surface area contributed by atoms with Crippen molar-refractivity contribution in [3.05, 3.63) is 164 Å². The second kappa shape index (κ2) is 10.4. The molecular weight excluding hydrogens is 611 g/mol. The predicted octanol–water partition coefficient (Wildman–Crippen LogP) is 12.3. The van der Waals surface area contributed by atoms with Gasteiger partial charge in [-0.25, -0.2) is 9.97 Å². The van der Waals surface area contributed by atoms with Gasteiger partial charge in [0.15, 0.2) is 0 Å². The average molecular weight is 638 g/mol. The van der Waals surface area contributed by atoms with Crippen LogP contribution >= 0.6 is 0 Å². The summed E-state index contributed by atoms with van der Waals surface area (Å²) in [5.74, 6) is 0. The van der Waals surface area contributed by atoms with Crippen molar-refractivity contribution in [3.63, 3.8) is 0 Å². The molecule has 0 aliphatic carbocycles. The van der Waals surface area contributed by atoms with Crippen LogP contribution in [0, 0.1) is 0 Å². The van der Waals surface area contributed by atoms with Gasteiger partial charge < -0.3 is 8.98 Å². The van der Waals surface area contributed by atoms with E-state index < -0.39 is 0 Å². The molecule has 4 heteroatoms. The van der Waals surface area contributed by atoms with Crippen LogP contribution in [0.2, 0.25) is 0 Å². The van der Waals surface area contributed by atoms with Crippen molar-refractivity contribution in [2.24, 2.45) is 0 Å². The predicted molar refractivity (Wildman–Crippen MR) is 207 cm³/mol. The van der Waals surface area contributed by atoms with Crippen LogP contribution in [0.25, 0.3) is 104 Å². The first-order valence-corrected chi connectivity index (χ1v) is 16.9. The Kier molecular flexibility index (Phi) is 5.63. The highest BCUT2D eigenvalue weighted by atomic mass is 16.3. The Labute approximate surface area is 286 Å². The fraction of sp³-hybridized carbons (Fsp3) is 0. The minimum atomic E-state index is 0.549. The van der Waals surface area contributed by atoms with Gasteiger partial charge in [0.2, 0.25) is 5.71 Å². The van der Waals surface area contributed by atoms with Crippen molar-refractivity contribution in [3.8, 4) is 28.1 Å². The van der Waals surface area contributed by atoms with Gasteiger partial charge in [0, 0.05) is 22.0 Å². The van der Waals surface area contributed by atoms with Crippen molar-refractivity contribution in [2.75, 3.05) is 0 Å². The minimum Gasteiger partial charge on any atom is -0.436 e. The maximum absolute atomic E-state index is 6.24. The second-order valence-electron chi connectivity index (χ2n) is 13.0. The van der Waals surface area contributed by atoms with E-state index >= 15 is 0 Å². The van der Waals surface area contributed by atoms with Gasteiger partial charge in [-0.15, -0.1) is 0 Å². The van der Waals surface area contributed by atoms with E-state index in [1.807, 2.05) is 18.3 Å². The molecular formula is C46H27N3O. The van der Waals surface area contributed by atoms with E-state index in [2.05, 4.69) is 150 Å². The minimum absolute atomic E-state index is 0.549. The molecule has 0 N–H and O–H groups in total. The summed E-state index contributed by atoms with van der Waals surface area (Å²) in [6, 6.07) is 56.2. The third-order valence-electron chi connectivity index (χ3n) is 10.2. The normalized spacial score (nSPS) is 12.0. The highest BCUT2D eigenvalue weighted by molar-refractivity contribution is 6.28. The lowest BCUT2D eigenvalue weighted by molar-refractivity contribution is 0.654. The standard InChI is InChI=1S/C46H27N3O/c1-4-16-35-28(9-1)19-22-39-42(35)43-36-17-5-2-10-29(36)20-23-40(43)49(39)34-15-8-13-32(26-34)31-12-7-14-33(25-31)38-27-47-45-44-37-18-6-3-11-30(37)21-24-41(44)50-46(45)48-38/h1-27H. The number of benzene rings is 8. The van der Waals surface area contributed by atoms with Crippen molar-refractivity contribution in [1.29, 1.82) is 0 Å². The summed E-state index contributed by atoms with van der Waals surface area (Å²) < 4.78 is 8.66. The second-order valence-corrected chi connectivity index (χ2v) is 13.0. The van der Waals surface area contributed by atoms with Crippen LogP contribution in [-0.4, -0.2) is 14.5 Å². The molecule has 0 unspecified atom stereocenters. The third kappa shape index (κ3) is 3.93. The lowest BCUT2D eigenvalue weighted by Crippen LogP contribution is -1.94. The summed E-state index contributed by atoms with van der Waals surface area (Å²) in [7, 11) is 0. The monoisotopic (exact) mass is 637 g/mol. The van der Waals surface area contributed by atoms with E-state index in [9.17, 15) is 0 Å². The molecule has 0 bridgehead atoms. The van der Waals surface area contributed by atoms with Gasteiger partial charge in [-0.3, -0.25) is 0 Å². The Hall–Kier alpha value is -6.78. The van der Waals surface area contributed by atoms with Gasteiger partial charge in [0.05, 0.1) is 28.3 Å². The molecule has 0 saturated heterocycles. The smallest absolute Gasteiger partial charge is 0.246 e. The van der Waals surface area contributed by atoms with Gasteiger partial charge in [0.25, 0.3) is 0 Å². The first kappa shape index (κ1) is 27.2. The molecule has 0 fully saturated rings. The molecule has 0 amide bonds. The number of fused-ring (bicyclic) bond motifs is 12. The molecule has 0 spiro atoms. The molecule has 0 aliphatic heterocycles. The number of hydrogen-bond donors (Lipinski definition) is 0. The lowest BCUT2D eigenvalue weighted by atomic mass is 10.00. The van der Waals surface area contributed by atoms with E-state index in [-0.39, 0.29) is 0 Å². The molecule has 11 rings (SSSR count). The van der Waals surface area contributed by atoms with Crippen LogP contribution < -0.4 is 0 Å². The van der Waals surface area contributed by atoms with Gasteiger partial charge in [0.1, 0.15) is 11.1 Å². The maximum atomic E-state index is 6.24. The van der Waals surface area contributed by atoms with Crippen LogP contribution in [0.1, 0.15) is 0 Å². The highest BCUT2D eigenvalue weighted by Crippen LogP contribution is 2.41. The number of nitrogens with zero attached hydrogens (tertiary/aromatic N) is 3. The fourth-order valence-electron chi connectivity index (χ4n) is 7.95. The molecule has 0 aliphatic rings. The number of rotatable bonds is 3. The Bertz CT molecular complexity index is 3070. The first-order valence-electron chi connectivity index (χ1n) is 16.9. The van der Waals surface area contributed by atoms with E-state index in [0.717, 1.165) is 55.3 Å². The van der Waals surface area contributed by atoms with Crippen LogP contribution in [0.5, 0.6) is 0 Å². The zero-order valence-corrected chi connectivity index (χ0v) is 26.8. The molecule has 4 nitrogen and oxygen atoms in total. The highest BCUT2D eigenvalue weighted by Gasteiger charge is 2.18. The quantitative estimate of drug-likeness (QED) is 0.194. The van der Waals surface area contributed by atoms with Crippen molar-refractivity contribution in [2.45, 2.75) is 0 Å². The molecule has 232 valence electrons. The van der Waals surface area contributed by atoms with E-state index in [0.29, 0.717) is 5.71 Å². The largest absolute Gasteiger partial charge is 0.436 e. The zero-order chi connectivity index (χ0) is 32.8. The lowest BCUT2D eigenvalue weighted by Gasteiger charge is -2.11. The topological polar surface area (TPSA) is 43.9 Å². The molecule has 50 heavy (non-hydrogen) atoms. The molecule has 3 heterocycles. The summed E-state index contributed by atoms with van der Waals surface area (Å²) in [4.78, 5) is 9.85. The molecule has 0 radical (unpaired) electrons. The summed E-state index contributed by atoms with van der Waals surface area (Å²) in [5.41, 5.74) is 9.66. The Morgan fingerprint density at radius 2 is 1.02 bits per heavy atom. The summed E-state index contributed by atoms with van der Waals surface area (Å²) >= 11 is 0. The Morgan fingerprint density at radius 1 is 0.460 bits per heavy atom. The van der Waals surface area contributed by atoms with E-state index in [1.165, 1.54) is 43.4 Å². The molecule has 8 aromatic carbocycles. The van der Waals surface area contributed by atoms with Crippen molar-refractivity contribution >= 4 is 76.3 Å². The number of aromatic nitrogens is 3. The number of furan rings is 1. The van der Waals surface area contributed by atoms with Gasteiger partial charge in [-0.05, 0) is 79.8 Å². The summed E-state index contributed by atoms with van der Waals surface area (Å²) in [6.45, 7) is 0. The van der Waals surface area contributed by atoms with Gasteiger partial charge in [-0.1, -0.05) is 121 Å². The molecule has 3 aromatic heterocycles. The van der Waals surface area contributed by atoms with Crippen LogP contribution in [0.3, 0.4) is 0 Å². The average Bonchev–Trinajstić information content (AvgIpc) is 3.74. The third-order valence-corrected chi connectivity index (χ3v) is 10.2. The van der Waals surface area contributed by atoms with Crippen molar-refractivity contribution < 1.29 is 4.42 Å². The van der Waals surface area contributed by atoms with Gasteiger partial charge >= 0.3 is 0 Å². The molecule has 11 aromatic rings. The zero-order valence-electron chi connectivity index (χ0n) is 26.8. The summed E-state index contributed by atoms with van der Waals surface area (Å²) in [6.07, 6.45) is 1.86. The number of hydrogen-bond acceptors (Lipinski definition) is 3.